The highest BCUT2D eigenvalue weighted by Gasteiger charge is 2.33. The summed E-state index contributed by atoms with van der Waals surface area (Å²) in [5.74, 6) is -2.36. The van der Waals surface area contributed by atoms with Gasteiger partial charge in [0.2, 0.25) is 0 Å². The summed E-state index contributed by atoms with van der Waals surface area (Å²) in [6.45, 7) is 0. The number of rotatable bonds is 3. The van der Waals surface area contributed by atoms with E-state index < -0.39 is 28.7 Å². The van der Waals surface area contributed by atoms with Crippen molar-refractivity contribution >= 4 is 34.9 Å². The van der Waals surface area contributed by atoms with E-state index in [1.165, 1.54) is 24.3 Å². The van der Waals surface area contributed by atoms with Crippen LogP contribution in [0.1, 0.15) is 26.3 Å². The minimum atomic E-state index is -4.58. The maximum atomic E-state index is 12.9. The monoisotopic (exact) mass is 449 g/mol. The predicted molar refractivity (Wildman–Crippen MR) is 106 cm³/mol. The Kier molecular flexibility index (Phi) is 4.78. The van der Waals surface area contributed by atoms with Gasteiger partial charge in [0.1, 0.15) is 0 Å². The van der Waals surface area contributed by atoms with Crippen LogP contribution >= 0.6 is 11.6 Å². The van der Waals surface area contributed by atoms with E-state index in [0.717, 1.165) is 12.1 Å². The molecule has 31 heavy (non-hydrogen) atoms. The third-order valence-corrected chi connectivity index (χ3v) is 4.96. The molecule has 0 unspecified atom stereocenters. The van der Waals surface area contributed by atoms with Gasteiger partial charge < -0.3 is 20.3 Å². The van der Waals surface area contributed by atoms with Crippen LogP contribution < -0.4 is 10.1 Å². The molecule has 1 aliphatic rings. The smallest absolute Gasteiger partial charge is 0.417 e. The van der Waals surface area contributed by atoms with Crippen LogP contribution in [0.2, 0.25) is 5.02 Å². The zero-order valence-electron chi connectivity index (χ0n) is 15.2. The van der Waals surface area contributed by atoms with Gasteiger partial charge in [-0.15, -0.1) is 0 Å². The lowest BCUT2D eigenvalue weighted by Crippen LogP contribution is -2.11. The van der Waals surface area contributed by atoms with Crippen molar-refractivity contribution in [2.45, 2.75) is 6.18 Å². The summed E-state index contributed by atoms with van der Waals surface area (Å²) in [6.07, 6.45) is -4.58. The molecular weight excluding hydrogens is 439 g/mol. The number of carboxylic acid groups (broad SMARTS) is 2. The molecule has 158 valence electrons. The molecule has 0 atom stereocenters. The van der Waals surface area contributed by atoms with E-state index in [0.29, 0.717) is 16.8 Å². The van der Waals surface area contributed by atoms with Crippen LogP contribution in [0.15, 0.2) is 48.5 Å². The van der Waals surface area contributed by atoms with Crippen molar-refractivity contribution in [3.63, 3.8) is 0 Å². The molecule has 3 aromatic carbocycles. The van der Waals surface area contributed by atoms with Crippen molar-refractivity contribution in [1.29, 1.82) is 0 Å². The third kappa shape index (κ3) is 3.75. The molecule has 3 N–H and O–H groups in total. The molecule has 0 aliphatic carbocycles. The number of alkyl halides is 3. The molecule has 4 rings (SSSR count). The Bertz CT molecular complexity index is 1260. The molecule has 0 fully saturated rings. The molecule has 1 heterocycles. The number of hydrogen-bond donors (Lipinski definition) is 3. The number of carboxylic acids is 2. The average Bonchev–Trinajstić information content (AvgIpc) is 2.69. The standard InChI is InChI=1S/C21H11ClF3NO5/c22-14-6-9(1-3-13(14)21(23,24)25)10-2-4-16-15(7-10)26-18-12(20(29)30)5-11(19(27)28)8-17(18)31-16/h1-8,26H,(H,27,28)(H,29,30). The third-order valence-electron chi connectivity index (χ3n) is 4.65. The van der Waals surface area contributed by atoms with Crippen LogP contribution in [-0.4, -0.2) is 22.2 Å². The molecule has 0 saturated carbocycles. The lowest BCUT2D eigenvalue weighted by atomic mass is 10.0. The number of anilines is 2. The molecule has 0 radical (unpaired) electrons. The molecule has 3 aromatic rings. The normalized spacial score (nSPS) is 12.3. The van der Waals surface area contributed by atoms with Gasteiger partial charge in [-0.2, -0.15) is 13.2 Å². The van der Waals surface area contributed by atoms with E-state index in [9.17, 15) is 33.0 Å². The molecule has 0 bridgehead atoms. The number of benzene rings is 3. The number of hydrogen-bond acceptors (Lipinski definition) is 4. The SMILES string of the molecule is O=C(O)c1cc2c(c(C(=O)O)c1)Nc1cc(-c3ccc(C(F)(F)F)c(Cl)c3)ccc1O2. The van der Waals surface area contributed by atoms with E-state index in [2.05, 4.69) is 5.32 Å². The molecule has 1 aliphatic heterocycles. The largest absolute Gasteiger partial charge is 0.478 e. The first-order valence-corrected chi connectivity index (χ1v) is 9.03. The minimum Gasteiger partial charge on any atom is -0.478 e. The number of halogens is 4. The van der Waals surface area contributed by atoms with E-state index in [-0.39, 0.29) is 28.3 Å². The summed E-state index contributed by atoms with van der Waals surface area (Å²) in [5, 5.41) is 21.1. The lowest BCUT2D eigenvalue weighted by Gasteiger charge is -2.24. The Labute approximate surface area is 177 Å². The Morgan fingerprint density at radius 2 is 1.58 bits per heavy atom. The summed E-state index contributed by atoms with van der Waals surface area (Å²) in [5.41, 5.74) is -0.173. The molecular formula is C21H11ClF3NO5. The van der Waals surface area contributed by atoms with Crippen LogP contribution in [0.5, 0.6) is 11.5 Å². The minimum absolute atomic E-state index is 0.0233. The van der Waals surface area contributed by atoms with Crippen molar-refractivity contribution in [3.8, 4) is 22.6 Å². The molecule has 0 aromatic heterocycles. The second kappa shape index (κ2) is 7.21. The summed E-state index contributed by atoms with van der Waals surface area (Å²) >= 11 is 5.80. The average molecular weight is 450 g/mol. The second-order valence-electron chi connectivity index (χ2n) is 6.64. The highest BCUT2D eigenvalue weighted by atomic mass is 35.5. The number of aromatic carboxylic acids is 2. The van der Waals surface area contributed by atoms with Gasteiger partial charge in [0, 0.05) is 0 Å². The Balaban J connectivity index is 1.75. The van der Waals surface area contributed by atoms with E-state index in [4.69, 9.17) is 16.3 Å². The zero-order valence-corrected chi connectivity index (χ0v) is 16.0. The highest BCUT2D eigenvalue weighted by molar-refractivity contribution is 6.31. The van der Waals surface area contributed by atoms with E-state index in [1.807, 2.05) is 0 Å². The molecule has 10 heteroatoms. The first-order valence-electron chi connectivity index (χ1n) is 8.65. The predicted octanol–water partition coefficient (Wildman–Crippen LogP) is 6.27. The van der Waals surface area contributed by atoms with Crippen molar-refractivity contribution in [2.24, 2.45) is 0 Å². The van der Waals surface area contributed by atoms with Crippen LogP contribution in [0.4, 0.5) is 24.5 Å². The van der Waals surface area contributed by atoms with Crippen LogP contribution in [0.3, 0.4) is 0 Å². The first-order chi connectivity index (χ1) is 14.5. The van der Waals surface area contributed by atoms with Crippen LogP contribution in [0.25, 0.3) is 11.1 Å². The van der Waals surface area contributed by atoms with Gasteiger partial charge in [-0.25, -0.2) is 9.59 Å². The first kappa shape index (κ1) is 20.5. The Hall–Kier alpha value is -3.72. The van der Waals surface area contributed by atoms with Crippen LogP contribution in [-0.2, 0) is 6.18 Å². The molecule has 0 saturated heterocycles. The zero-order chi connectivity index (χ0) is 22.5. The van der Waals surface area contributed by atoms with E-state index >= 15 is 0 Å². The molecule has 0 spiro atoms. The second-order valence-corrected chi connectivity index (χ2v) is 7.04. The van der Waals surface area contributed by atoms with Gasteiger partial charge in [0.05, 0.1) is 33.1 Å². The molecule has 0 amide bonds. The number of nitrogens with one attached hydrogen (secondary N) is 1. The fourth-order valence-corrected chi connectivity index (χ4v) is 3.48. The van der Waals surface area contributed by atoms with Crippen molar-refractivity contribution in [3.05, 3.63) is 70.2 Å². The van der Waals surface area contributed by atoms with Gasteiger partial charge in [-0.1, -0.05) is 23.7 Å². The number of fused-ring (bicyclic) bond motifs is 2. The van der Waals surface area contributed by atoms with Gasteiger partial charge in [0.15, 0.2) is 11.5 Å². The van der Waals surface area contributed by atoms with Crippen molar-refractivity contribution in [2.75, 3.05) is 5.32 Å². The lowest BCUT2D eigenvalue weighted by molar-refractivity contribution is -0.137. The molecule has 6 nitrogen and oxygen atoms in total. The van der Waals surface area contributed by atoms with Gasteiger partial charge >= 0.3 is 18.1 Å². The number of carbonyl (C=O) groups is 2. The van der Waals surface area contributed by atoms with Crippen molar-refractivity contribution < 1.29 is 37.7 Å². The topological polar surface area (TPSA) is 95.9 Å². The summed E-state index contributed by atoms with van der Waals surface area (Å²) in [6, 6.07) is 10.2. The highest BCUT2D eigenvalue weighted by Crippen LogP contribution is 2.46. The van der Waals surface area contributed by atoms with Gasteiger partial charge in [-0.3, -0.25) is 0 Å². The summed E-state index contributed by atoms with van der Waals surface area (Å²) in [7, 11) is 0. The maximum absolute atomic E-state index is 12.9. The van der Waals surface area contributed by atoms with E-state index in [1.54, 1.807) is 12.1 Å². The maximum Gasteiger partial charge on any atom is 0.417 e. The summed E-state index contributed by atoms with van der Waals surface area (Å²) in [4.78, 5) is 22.9. The number of ether oxygens (including phenoxy) is 1. The van der Waals surface area contributed by atoms with Crippen LogP contribution in [0, 0.1) is 0 Å². The fraction of sp³-hybridized carbons (Fsp3) is 0.0476. The Morgan fingerprint density at radius 1 is 0.903 bits per heavy atom. The van der Waals surface area contributed by atoms with Gasteiger partial charge in [0.25, 0.3) is 0 Å². The van der Waals surface area contributed by atoms with Crippen molar-refractivity contribution in [1.82, 2.24) is 0 Å². The van der Waals surface area contributed by atoms with Gasteiger partial charge in [-0.05, 0) is 47.5 Å². The fourth-order valence-electron chi connectivity index (χ4n) is 3.19. The summed E-state index contributed by atoms with van der Waals surface area (Å²) < 4.78 is 44.5. The quantitative estimate of drug-likeness (QED) is 0.341. The Morgan fingerprint density at radius 3 is 2.19 bits per heavy atom.